The maximum Gasteiger partial charge on any atom is 0.147 e. The van der Waals surface area contributed by atoms with Crippen molar-refractivity contribution in [3.05, 3.63) is 48.1 Å². The Morgan fingerprint density at radius 1 is 1.22 bits per heavy atom. The minimum absolute atomic E-state index is 0.483. The van der Waals surface area contributed by atoms with Gasteiger partial charge in [-0.25, -0.2) is 9.50 Å². The second-order valence-corrected chi connectivity index (χ2v) is 8.90. The minimum atomic E-state index is 0.483. The summed E-state index contributed by atoms with van der Waals surface area (Å²) in [6.07, 6.45) is 13.0. The van der Waals surface area contributed by atoms with Gasteiger partial charge in [0.2, 0.25) is 0 Å². The van der Waals surface area contributed by atoms with E-state index in [1.54, 1.807) is 42.4 Å². The van der Waals surface area contributed by atoms with Crippen LogP contribution >= 0.6 is 0 Å². The lowest BCUT2D eigenvalue weighted by atomic mass is 10.0. The Bertz CT molecular complexity index is 1230. The van der Waals surface area contributed by atoms with E-state index in [1.165, 1.54) is 12.8 Å². The van der Waals surface area contributed by atoms with Gasteiger partial charge >= 0.3 is 0 Å². The van der Waals surface area contributed by atoms with Crippen molar-refractivity contribution in [2.24, 2.45) is 28.5 Å². The fraction of sp³-hybridized carbons (Fsp3) is 0.375. The number of rotatable bonds is 4. The minimum Gasteiger partial charge on any atom is -0.398 e. The number of nitrogens with two attached hydrogens (primary N) is 1. The van der Waals surface area contributed by atoms with E-state index in [2.05, 4.69) is 28.0 Å². The molecule has 2 N–H and O–H groups in total. The molecule has 0 aromatic carbocycles. The molecule has 3 aromatic heterocycles. The zero-order chi connectivity index (χ0) is 22.2. The van der Waals surface area contributed by atoms with E-state index in [9.17, 15) is 5.26 Å². The van der Waals surface area contributed by atoms with Gasteiger partial charge in [0.25, 0.3) is 0 Å². The van der Waals surface area contributed by atoms with Crippen molar-refractivity contribution in [2.45, 2.75) is 19.8 Å². The third-order valence-electron chi connectivity index (χ3n) is 6.69. The van der Waals surface area contributed by atoms with Gasteiger partial charge in [-0.2, -0.15) is 10.4 Å². The fourth-order valence-electron chi connectivity index (χ4n) is 5.22. The van der Waals surface area contributed by atoms with Crippen molar-refractivity contribution in [1.82, 2.24) is 19.6 Å². The normalized spacial score (nSPS) is 23.2. The average Bonchev–Trinajstić information content (AvgIpc) is 3.49. The van der Waals surface area contributed by atoms with Crippen LogP contribution in [0, 0.1) is 29.1 Å². The van der Waals surface area contributed by atoms with Crippen LogP contribution in [0.5, 0.6) is 0 Å². The highest BCUT2D eigenvalue weighted by Crippen LogP contribution is 2.42. The molecule has 3 atom stereocenters. The summed E-state index contributed by atoms with van der Waals surface area (Å²) in [5, 5.41) is 13.9. The zero-order valence-electron chi connectivity index (χ0n) is 18.3. The largest absolute Gasteiger partial charge is 0.398 e. The lowest BCUT2D eigenvalue weighted by Crippen LogP contribution is -2.22. The molecule has 8 heteroatoms. The number of anilines is 1. The maximum atomic E-state index is 9.58. The van der Waals surface area contributed by atoms with Crippen molar-refractivity contribution in [2.75, 3.05) is 25.0 Å². The highest BCUT2D eigenvalue weighted by molar-refractivity contribution is 5.88. The standard InChI is InChI=1S/C24H26N8/c1-15-5-16-12-31(13-17(16)6-15)23-11-28-22(10-29-23)20-7-18(21(26)3-4-27-2)14-32-24(20)19(8-25)9-30-32/h3-4,7,9-11,14-17H,5-6,12-13,26H2,1-2H3/t15?,16-,17+. The molecule has 1 unspecified atom stereocenters. The summed E-state index contributed by atoms with van der Waals surface area (Å²) < 4.78 is 1.67. The number of aromatic nitrogens is 4. The first kappa shape index (κ1) is 20.2. The number of nitrogens with zero attached hydrogens (tertiary/aromatic N) is 7. The summed E-state index contributed by atoms with van der Waals surface area (Å²) in [7, 11) is 1.69. The van der Waals surface area contributed by atoms with Gasteiger partial charge in [-0.05, 0) is 42.7 Å². The molecule has 1 saturated carbocycles. The molecule has 0 amide bonds. The summed E-state index contributed by atoms with van der Waals surface area (Å²) in [5.74, 6) is 3.30. The number of allylic oxidation sites excluding steroid dienone is 1. The maximum absolute atomic E-state index is 9.58. The van der Waals surface area contributed by atoms with E-state index in [0.29, 0.717) is 22.5 Å². The predicted octanol–water partition coefficient (Wildman–Crippen LogP) is 3.15. The quantitative estimate of drug-likeness (QED) is 0.642. The van der Waals surface area contributed by atoms with E-state index in [4.69, 9.17) is 15.7 Å². The van der Waals surface area contributed by atoms with Crippen LogP contribution in [-0.4, -0.2) is 45.9 Å². The first-order valence-electron chi connectivity index (χ1n) is 10.9. The molecule has 1 aliphatic heterocycles. The van der Waals surface area contributed by atoms with Gasteiger partial charge in [0, 0.05) is 49.4 Å². The molecule has 3 aromatic rings. The van der Waals surface area contributed by atoms with Gasteiger partial charge in [-0.1, -0.05) is 6.92 Å². The fourth-order valence-corrected chi connectivity index (χ4v) is 5.22. The number of aliphatic imine (C=N–C) groups is 1. The van der Waals surface area contributed by atoms with Crippen LogP contribution in [0.25, 0.3) is 22.5 Å². The Morgan fingerprint density at radius 2 is 2.00 bits per heavy atom. The van der Waals surface area contributed by atoms with Crippen molar-refractivity contribution in [3.8, 4) is 17.3 Å². The van der Waals surface area contributed by atoms with Crippen molar-refractivity contribution >= 4 is 23.2 Å². The molecule has 0 bridgehead atoms. The van der Waals surface area contributed by atoms with Crippen LogP contribution in [0.4, 0.5) is 5.82 Å². The van der Waals surface area contributed by atoms with Crippen LogP contribution in [0.3, 0.4) is 0 Å². The molecule has 0 spiro atoms. The van der Waals surface area contributed by atoms with Crippen LogP contribution in [0.15, 0.2) is 41.9 Å². The molecule has 2 aliphatic rings. The zero-order valence-corrected chi connectivity index (χ0v) is 18.3. The third kappa shape index (κ3) is 3.50. The predicted molar refractivity (Wildman–Crippen MR) is 125 cm³/mol. The third-order valence-corrected chi connectivity index (χ3v) is 6.69. The first-order chi connectivity index (χ1) is 15.6. The summed E-state index contributed by atoms with van der Waals surface area (Å²) in [6, 6.07) is 4.15. The van der Waals surface area contributed by atoms with Gasteiger partial charge in [-0.3, -0.25) is 9.98 Å². The number of nitriles is 1. The van der Waals surface area contributed by atoms with Crippen LogP contribution in [0.2, 0.25) is 0 Å². The molecule has 1 saturated heterocycles. The number of hydrogen-bond acceptors (Lipinski definition) is 7. The first-order valence-corrected chi connectivity index (χ1v) is 10.9. The molecule has 4 heterocycles. The van der Waals surface area contributed by atoms with Crippen molar-refractivity contribution in [3.63, 3.8) is 0 Å². The second kappa shape index (κ2) is 8.08. The lowest BCUT2D eigenvalue weighted by Gasteiger charge is -2.19. The Kier molecular flexibility index (Phi) is 5.10. The molecule has 32 heavy (non-hydrogen) atoms. The van der Waals surface area contributed by atoms with Gasteiger partial charge < -0.3 is 10.6 Å². The van der Waals surface area contributed by atoms with Crippen LogP contribution in [0.1, 0.15) is 30.9 Å². The molecule has 8 nitrogen and oxygen atoms in total. The molecule has 5 rings (SSSR count). The van der Waals surface area contributed by atoms with E-state index in [0.717, 1.165) is 47.8 Å². The number of hydrogen-bond donors (Lipinski definition) is 1. The van der Waals surface area contributed by atoms with E-state index in [1.807, 2.05) is 12.3 Å². The number of fused-ring (bicyclic) bond motifs is 2. The van der Waals surface area contributed by atoms with E-state index >= 15 is 0 Å². The van der Waals surface area contributed by atoms with Crippen molar-refractivity contribution in [1.29, 1.82) is 5.26 Å². The van der Waals surface area contributed by atoms with Crippen LogP contribution < -0.4 is 10.6 Å². The van der Waals surface area contributed by atoms with Gasteiger partial charge in [0.05, 0.1) is 35.4 Å². The molecule has 2 fully saturated rings. The Morgan fingerprint density at radius 3 is 2.66 bits per heavy atom. The SMILES string of the molecule is CN=CC=C(N)c1cc(-c2cnc(N3C[C@H]4CC(C)C[C@H]4C3)cn2)c2c(C#N)cnn2c1. The van der Waals surface area contributed by atoms with Gasteiger partial charge in [0.15, 0.2) is 0 Å². The lowest BCUT2D eigenvalue weighted by molar-refractivity contribution is 0.494. The average molecular weight is 427 g/mol. The summed E-state index contributed by atoms with van der Waals surface area (Å²) in [4.78, 5) is 15.8. The molecular weight excluding hydrogens is 400 g/mol. The van der Waals surface area contributed by atoms with E-state index < -0.39 is 0 Å². The molecule has 0 radical (unpaired) electrons. The smallest absolute Gasteiger partial charge is 0.147 e. The van der Waals surface area contributed by atoms with Gasteiger partial charge in [-0.15, -0.1) is 0 Å². The van der Waals surface area contributed by atoms with Crippen LogP contribution in [-0.2, 0) is 0 Å². The van der Waals surface area contributed by atoms with Gasteiger partial charge in [0.1, 0.15) is 11.9 Å². The summed E-state index contributed by atoms with van der Waals surface area (Å²) in [6.45, 7) is 4.48. The summed E-state index contributed by atoms with van der Waals surface area (Å²) >= 11 is 0. The Hall–Kier alpha value is -3.73. The number of pyridine rings is 1. The molecule has 1 aliphatic carbocycles. The van der Waals surface area contributed by atoms with Crippen molar-refractivity contribution < 1.29 is 0 Å². The van der Waals surface area contributed by atoms with E-state index in [-0.39, 0.29) is 0 Å². The highest BCUT2D eigenvalue weighted by Gasteiger charge is 2.39. The monoisotopic (exact) mass is 426 g/mol. The highest BCUT2D eigenvalue weighted by atomic mass is 15.2. The Balaban J connectivity index is 1.51. The Labute approximate surface area is 187 Å². The summed E-state index contributed by atoms with van der Waals surface area (Å²) in [5.41, 5.74) is 10.2. The second-order valence-electron chi connectivity index (χ2n) is 8.90. The molecule has 162 valence electrons. The topological polar surface area (TPSA) is 108 Å². The molecular formula is C24H26N8.